The van der Waals surface area contributed by atoms with Gasteiger partial charge < -0.3 is 9.30 Å². The van der Waals surface area contributed by atoms with Crippen LogP contribution in [-0.2, 0) is 17.7 Å². The Morgan fingerprint density at radius 2 is 2.33 bits per heavy atom. The fourth-order valence-corrected chi connectivity index (χ4v) is 2.08. The lowest BCUT2D eigenvalue weighted by Crippen LogP contribution is -2.03. The molecule has 0 atom stereocenters. The van der Waals surface area contributed by atoms with E-state index >= 15 is 0 Å². The van der Waals surface area contributed by atoms with E-state index < -0.39 is 0 Å². The molecule has 1 heterocycles. The minimum absolute atomic E-state index is 0.729. The van der Waals surface area contributed by atoms with E-state index in [9.17, 15) is 0 Å². The maximum atomic E-state index is 5.00. The molecule has 0 saturated heterocycles. The third kappa shape index (κ3) is 3.35. The van der Waals surface area contributed by atoms with E-state index in [0.29, 0.717) is 0 Å². The first-order valence-electron chi connectivity index (χ1n) is 4.98. The molecule has 0 amide bonds. The van der Waals surface area contributed by atoms with Crippen LogP contribution in [0.4, 0.5) is 0 Å². The molecule has 0 aromatic carbocycles. The number of rotatable bonds is 7. The lowest BCUT2D eigenvalue weighted by atomic mass is 10.4. The number of aromatic nitrogens is 3. The molecule has 0 fully saturated rings. The predicted molar refractivity (Wildman–Crippen MR) is 62.2 cm³/mol. The summed E-state index contributed by atoms with van der Waals surface area (Å²) in [5.41, 5.74) is 0. The van der Waals surface area contributed by atoms with Crippen molar-refractivity contribution in [3.63, 3.8) is 0 Å². The highest BCUT2D eigenvalue weighted by Crippen LogP contribution is 2.17. The topological polar surface area (TPSA) is 39.9 Å². The van der Waals surface area contributed by atoms with Crippen molar-refractivity contribution in [1.82, 2.24) is 14.8 Å². The standard InChI is InChI=1S/C10H17N3OS/c1-4-6-13-9(5-2)11-12-10(13)15-8-7-14-3/h4H,1,5-8H2,2-3H3. The normalized spacial score (nSPS) is 10.5. The lowest BCUT2D eigenvalue weighted by Gasteiger charge is -2.05. The lowest BCUT2D eigenvalue weighted by molar-refractivity contribution is 0.218. The van der Waals surface area contributed by atoms with Gasteiger partial charge in [0.15, 0.2) is 5.16 Å². The molecular weight excluding hydrogens is 210 g/mol. The fraction of sp³-hybridized carbons (Fsp3) is 0.600. The third-order valence-electron chi connectivity index (χ3n) is 1.94. The number of nitrogens with zero attached hydrogens (tertiary/aromatic N) is 3. The first-order valence-corrected chi connectivity index (χ1v) is 5.96. The van der Waals surface area contributed by atoms with E-state index in [0.717, 1.165) is 36.3 Å². The van der Waals surface area contributed by atoms with Gasteiger partial charge in [0.2, 0.25) is 0 Å². The molecule has 15 heavy (non-hydrogen) atoms. The van der Waals surface area contributed by atoms with Crippen LogP contribution in [0.15, 0.2) is 17.8 Å². The summed E-state index contributed by atoms with van der Waals surface area (Å²) in [5.74, 6) is 1.91. The number of aryl methyl sites for hydroxylation is 1. The monoisotopic (exact) mass is 227 g/mol. The molecule has 1 aromatic rings. The van der Waals surface area contributed by atoms with Crippen molar-refractivity contribution in [3.8, 4) is 0 Å². The zero-order valence-corrected chi connectivity index (χ0v) is 10.1. The highest BCUT2D eigenvalue weighted by Gasteiger charge is 2.09. The fourth-order valence-electron chi connectivity index (χ4n) is 1.22. The van der Waals surface area contributed by atoms with E-state index in [2.05, 4.69) is 28.3 Å². The van der Waals surface area contributed by atoms with Gasteiger partial charge in [0, 0.05) is 25.8 Å². The minimum Gasteiger partial charge on any atom is -0.384 e. The molecule has 0 N–H and O–H groups in total. The average molecular weight is 227 g/mol. The molecule has 0 aliphatic carbocycles. The molecule has 0 bridgehead atoms. The number of thioether (sulfide) groups is 1. The molecular formula is C10H17N3OS. The number of ether oxygens (including phenoxy) is 1. The number of hydrogen-bond donors (Lipinski definition) is 0. The van der Waals surface area contributed by atoms with Gasteiger partial charge in [-0.1, -0.05) is 24.8 Å². The molecule has 0 aliphatic rings. The van der Waals surface area contributed by atoms with Crippen molar-refractivity contribution in [2.45, 2.75) is 25.0 Å². The van der Waals surface area contributed by atoms with Gasteiger partial charge >= 0.3 is 0 Å². The van der Waals surface area contributed by atoms with Crippen LogP contribution in [0.5, 0.6) is 0 Å². The minimum atomic E-state index is 0.729. The second-order valence-electron chi connectivity index (χ2n) is 2.99. The summed E-state index contributed by atoms with van der Waals surface area (Å²) < 4.78 is 7.09. The largest absolute Gasteiger partial charge is 0.384 e. The van der Waals surface area contributed by atoms with Crippen LogP contribution < -0.4 is 0 Å². The summed E-state index contributed by atoms with van der Waals surface area (Å²) in [6.45, 7) is 7.31. The maximum Gasteiger partial charge on any atom is 0.191 e. The number of allylic oxidation sites excluding steroid dienone is 1. The molecule has 0 saturated carbocycles. The van der Waals surface area contributed by atoms with Gasteiger partial charge in [-0.05, 0) is 0 Å². The molecule has 0 radical (unpaired) electrons. The van der Waals surface area contributed by atoms with Crippen LogP contribution in [0.25, 0.3) is 0 Å². The summed E-state index contributed by atoms with van der Waals surface area (Å²) in [5, 5.41) is 9.23. The first-order chi connectivity index (χ1) is 7.33. The van der Waals surface area contributed by atoms with Gasteiger partial charge in [-0.2, -0.15) is 0 Å². The van der Waals surface area contributed by atoms with Gasteiger partial charge in [0.25, 0.3) is 0 Å². The van der Waals surface area contributed by atoms with Gasteiger partial charge in [0.05, 0.1) is 6.61 Å². The summed E-state index contributed by atoms with van der Waals surface area (Å²) >= 11 is 1.66. The Hall–Kier alpha value is -0.810. The van der Waals surface area contributed by atoms with E-state index in [-0.39, 0.29) is 0 Å². The highest BCUT2D eigenvalue weighted by atomic mass is 32.2. The Balaban J connectivity index is 2.68. The van der Waals surface area contributed by atoms with Crippen molar-refractivity contribution >= 4 is 11.8 Å². The van der Waals surface area contributed by atoms with Gasteiger partial charge in [-0.15, -0.1) is 16.8 Å². The molecule has 0 unspecified atom stereocenters. The van der Waals surface area contributed by atoms with Gasteiger partial charge in [-0.25, -0.2) is 0 Å². The Kier molecular flexibility index (Phi) is 5.42. The second-order valence-corrected chi connectivity index (χ2v) is 4.05. The number of hydrogen-bond acceptors (Lipinski definition) is 4. The van der Waals surface area contributed by atoms with Crippen molar-refractivity contribution < 1.29 is 4.74 Å². The van der Waals surface area contributed by atoms with E-state index in [4.69, 9.17) is 4.74 Å². The molecule has 1 aromatic heterocycles. The summed E-state index contributed by atoms with van der Waals surface area (Å²) in [4.78, 5) is 0. The summed E-state index contributed by atoms with van der Waals surface area (Å²) in [6.07, 6.45) is 2.76. The number of methoxy groups -OCH3 is 1. The SMILES string of the molecule is C=CCn1c(CC)nnc1SCCOC. The maximum absolute atomic E-state index is 5.00. The molecule has 4 nitrogen and oxygen atoms in total. The van der Waals surface area contributed by atoms with Crippen molar-refractivity contribution in [2.75, 3.05) is 19.5 Å². The summed E-state index contributed by atoms with van der Waals surface area (Å²) in [6, 6.07) is 0. The zero-order chi connectivity index (χ0) is 11.1. The van der Waals surface area contributed by atoms with Crippen LogP contribution in [0, 0.1) is 0 Å². The van der Waals surface area contributed by atoms with Crippen molar-refractivity contribution in [3.05, 3.63) is 18.5 Å². The average Bonchev–Trinajstić information content (AvgIpc) is 2.62. The molecule has 84 valence electrons. The predicted octanol–water partition coefficient (Wildman–Crippen LogP) is 1.77. The van der Waals surface area contributed by atoms with Gasteiger partial charge in [-0.3, -0.25) is 0 Å². The second kappa shape index (κ2) is 6.63. The van der Waals surface area contributed by atoms with E-state index in [1.807, 2.05) is 6.08 Å². The Labute approximate surface area is 94.7 Å². The Morgan fingerprint density at radius 1 is 1.53 bits per heavy atom. The van der Waals surface area contributed by atoms with Crippen LogP contribution >= 0.6 is 11.8 Å². The van der Waals surface area contributed by atoms with E-state index in [1.54, 1.807) is 18.9 Å². The highest BCUT2D eigenvalue weighted by molar-refractivity contribution is 7.99. The van der Waals surface area contributed by atoms with Crippen LogP contribution in [0.3, 0.4) is 0 Å². The summed E-state index contributed by atoms with van der Waals surface area (Å²) in [7, 11) is 1.70. The third-order valence-corrected chi connectivity index (χ3v) is 2.87. The first kappa shape index (κ1) is 12.3. The Bertz CT molecular complexity index is 312. The molecule has 1 rings (SSSR count). The van der Waals surface area contributed by atoms with Gasteiger partial charge in [0.1, 0.15) is 5.82 Å². The molecule has 5 heteroatoms. The Morgan fingerprint density at radius 3 is 2.93 bits per heavy atom. The van der Waals surface area contributed by atoms with Crippen molar-refractivity contribution in [1.29, 1.82) is 0 Å². The van der Waals surface area contributed by atoms with E-state index in [1.165, 1.54) is 0 Å². The zero-order valence-electron chi connectivity index (χ0n) is 9.27. The quantitative estimate of drug-likeness (QED) is 0.404. The molecule has 0 aliphatic heterocycles. The van der Waals surface area contributed by atoms with Crippen LogP contribution in [-0.4, -0.2) is 34.2 Å². The molecule has 0 spiro atoms. The van der Waals surface area contributed by atoms with Crippen molar-refractivity contribution in [2.24, 2.45) is 0 Å². The smallest absolute Gasteiger partial charge is 0.191 e. The van der Waals surface area contributed by atoms with Crippen LogP contribution in [0.1, 0.15) is 12.7 Å². The van der Waals surface area contributed by atoms with Crippen LogP contribution in [0.2, 0.25) is 0 Å².